The van der Waals surface area contributed by atoms with Crippen molar-refractivity contribution in [3.63, 3.8) is 0 Å². The molecule has 2 aromatic carbocycles. The summed E-state index contributed by atoms with van der Waals surface area (Å²) in [6.45, 7) is 1.58. The number of nitrogens with zero attached hydrogens (tertiary/aromatic N) is 1. The summed E-state index contributed by atoms with van der Waals surface area (Å²) in [6, 6.07) is 12.7. The number of nitriles is 1. The lowest BCUT2D eigenvalue weighted by Crippen LogP contribution is -2.11. The molecule has 2 nitrogen and oxygen atoms in total. The van der Waals surface area contributed by atoms with Crippen LogP contribution in [-0.2, 0) is 0 Å². The number of aryl methyl sites for hydroxylation is 1. The third kappa shape index (κ3) is 2.87. The molecule has 0 N–H and O–H groups in total. The zero-order valence-electron chi connectivity index (χ0n) is 10.7. The number of halogens is 2. The van der Waals surface area contributed by atoms with E-state index in [0.717, 1.165) is 0 Å². The molecule has 4 heteroatoms. The zero-order valence-corrected chi connectivity index (χ0v) is 11.5. The van der Waals surface area contributed by atoms with Gasteiger partial charge in [0, 0.05) is 10.6 Å². The summed E-state index contributed by atoms with van der Waals surface area (Å²) in [4.78, 5) is 12.4. The van der Waals surface area contributed by atoms with Gasteiger partial charge in [-0.2, -0.15) is 5.26 Å². The van der Waals surface area contributed by atoms with E-state index in [9.17, 15) is 14.4 Å². The van der Waals surface area contributed by atoms with Crippen LogP contribution in [0, 0.1) is 24.1 Å². The van der Waals surface area contributed by atoms with Crippen LogP contribution < -0.4 is 0 Å². The third-order valence-electron chi connectivity index (χ3n) is 3.02. The second-order valence-corrected chi connectivity index (χ2v) is 4.88. The smallest absolute Gasteiger partial charge is 0.184 e. The average molecular weight is 288 g/mol. The van der Waals surface area contributed by atoms with E-state index in [4.69, 9.17) is 11.6 Å². The van der Waals surface area contributed by atoms with Crippen molar-refractivity contribution in [3.05, 3.63) is 70.0 Å². The maximum absolute atomic E-state index is 13.2. The number of Topliss-reactive ketones (excluding diaryl/α,β-unsaturated/α-hetero) is 1. The first-order valence-corrected chi connectivity index (χ1v) is 6.36. The molecule has 100 valence electrons. The molecule has 2 rings (SSSR count). The van der Waals surface area contributed by atoms with E-state index in [2.05, 4.69) is 0 Å². The van der Waals surface area contributed by atoms with Crippen LogP contribution in [0.1, 0.15) is 27.4 Å². The predicted molar refractivity (Wildman–Crippen MR) is 75.3 cm³/mol. The summed E-state index contributed by atoms with van der Waals surface area (Å²) >= 11 is 5.87. The predicted octanol–water partition coefficient (Wildman–Crippen LogP) is 4.28. The molecular formula is C16H11ClFNO. The fourth-order valence-electron chi connectivity index (χ4n) is 1.94. The topological polar surface area (TPSA) is 40.9 Å². The first-order valence-electron chi connectivity index (χ1n) is 5.98. The standard InChI is InChI=1S/C16H11ClFNO/c1-10-7-12(5-6-15(10)18)16(20)14(9-19)11-3-2-4-13(17)8-11/h2-8,14H,1H3. The Bertz CT molecular complexity index is 706. The average Bonchev–Trinajstić information content (AvgIpc) is 2.42. The molecule has 0 aliphatic heterocycles. The van der Waals surface area contributed by atoms with Gasteiger partial charge >= 0.3 is 0 Å². The molecule has 20 heavy (non-hydrogen) atoms. The molecule has 0 heterocycles. The monoisotopic (exact) mass is 287 g/mol. The number of hydrogen-bond acceptors (Lipinski definition) is 2. The van der Waals surface area contributed by atoms with Gasteiger partial charge < -0.3 is 0 Å². The summed E-state index contributed by atoms with van der Waals surface area (Å²) in [5.41, 5.74) is 1.22. The van der Waals surface area contributed by atoms with Crippen molar-refractivity contribution in [2.24, 2.45) is 0 Å². The van der Waals surface area contributed by atoms with E-state index in [1.54, 1.807) is 31.2 Å². The fourth-order valence-corrected chi connectivity index (χ4v) is 2.13. The van der Waals surface area contributed by atoms with Crippen LogP contribution in [0.2, 0.25) is 5.02 Å². The highest BCUT2D eigenvalue weighted by Gasteiger charge is 2.22. The van der Waals surface area contributed by atoms with Gasteiger partial charge in [0.25, 0.3) is 0 Å². The highest BCUT2D eigenvalue weighted by molar-refractivity contribution is 6.30. The molecule has 0 fully saturated rings. The van der Waals surface area contributed by atoms with Crippen molar-refractivity contribution in [2.75, 3.05) is 0 Å². The van der Waals surface area contributed by atoms with Gasteiger partial charge in [0.2, 0.25) is 0 Å². The minimum Gasteiger partial charge on any atom is -0.292 e. The Balaban J connectivity index is 2.39. The Morgan fingerprint density at radius 2 is 2.05 bits per heavy atom. The van der Waals surface area contributed by atoms with Crippen LogP contribution in [0.3, 0.4) is 0 Å². The first kappa shape index (κ1) is 14.2. The van der Waals surface area contributed by atoms with E-state index in [1.165, 1.54) is 18.2 Å². The van der Waals surface area contributed by atoms with Crippen molar-refractivity contribution in [1.29, 1.82) is 5.26 Å². The molecule has 0 saturated heterocycles. The van der Waals surface area contributed by atoms with Crippen LogP contribution >= 0.6 is 11.6 Å². The van der Waals surface area contributed by atoms with Gasteiger partial charge in [-0.1, -0.05) is 23.7 Å². The van der Waals surface area contributed by atoms with Gasteiger partial charge in [0.05, 0.1) is 6.07 Å². The number of rotatable bonds is 3. The highest BCUT2D eigenvalue weighted by Crippen LogP contribution is 2.24. The molecule has 0 saturated carbocycles. The van der Waals surface area contributed by atoms with Gasteiger partial charge in [-0.25, -0.2) is 4.39 Å². The van der Waals surface area contributed by atoms with E-state index < -0.39 is 5.92 Å². The Morgan fingerprint density at radius 3 is 2.65 bits per heavy atom. The Labute approximate surface area is 121 Å². The fraction of sp³-hybridized carbons (Fsp3) is 0.125. The van der Waals surface area contributed by atoms with E-state index >= 15 is 0 Å². The maximum Gasteiger partial charge on any atom is 0.184 e. The molecule has 0 aromatic heterocycles. The lowest BCUT2D eigenvalue weighted by atomic mass is 9.91. The lowest BCUT2D eigenvalue weighted by molar-refractivity contribution is 0.0978. The number of ketones is 1. The maximum atomic E-state index is 13.2. The Hall–Kier alpha value is -2.18. The van der Waals surface area contributed by atoms with E-state index in [0.29, 0.717) is 21.7 Å². The third-order valence-corrected chi connectivity index (χ3v) is 3.25. The minimum absolute atomic E-state index is 0.315. The molecule has 0 spiro atoms. The minimum atomic E-state index is -0.946. The largest absolute Gasteiger partial charge is 0.292 e. The molecular weight excluding hydrogens is 277 g/mol. The van der Waals surface area contributed by atoms with Gasteiger partial charge in [-0.05, 0) is 48.4 Å². The Kier molecular flexibility index (Phi) is 4.16. The van der Waals surface area contributed by atoms with Crippen LogP contribution in [-0.4, -0.2) is 5.78 Å². The zero-order chi connectivity index (χ0) is 14.7. The Morgan fingerprint density at radius 1 is 1.30 bits per heavy atom. The molecule has 0 aliphatic rings. The van der Waals surface area contributed by atoms with Crippen LogP contribution in [0.4, 0.5) is 4.39 Å². The molecule has 0 amide bonds. The number of benzene rings is 2. The summed E-state index contributed by atoms with van der Waals surface area (Å²) < 4.78 is 13.2. The van der Waals surface area contributed by atoms with Crippen molar-refractivity contribution in [1.82, 2.24) is 0 Å². The summed E-state index contributed by atoms with van der Waals surface area (Å²) in [5.74, 6) is -1.69. The molecule has 0 aliphatic carbocycles. The number of carbonyl (C=O) groups is 1. The molecule has 2 aromatic rings. The highest BCUT2D eigenvalue weighted by atomic mass is 35.5. The number of hydrogen-bond donors (Lipinski definition) is 0. The normalized spacial score (nSPS) is 11.7. The van der Waals surface area contributed by atoms with Crippen molar-refractivity contribution in [3.8, 4) is 6.07 Å². The van der Waals surface area contributed by atoms with Crippen LogP contribution in [0.25, 0.3) is 0 Å². The second-order valence-electron chi connectivity index (χ2n) is 4.45. The first-order chi connectivity index (χ1) is 9.52. The summed E-state index contributed by atoms with van der Waals surface area (Å²) in [7, 11) is 0. The van der Waals surface area contributed by atoms with Crippen LogP contribution in [0.15, 0.2) is 42.5 Å². The lowest BCUT2D eigenvalue weighted by Gasteiger charge is -2.10. The van der Waals surface area contributed by atoms with E-state index in [-0.39, 0.29) is 11.6 Å². The number of carbonyl (C=O) groups excluding carboxylic acids is 1. The quantitative estimate of drug-likeness (QED) is 0.791. The van der Waals surface area contributed by atoms with Crippen LogP contribution in [0.5, 0.6) is 0 Å². The van der Waals surface area contributed by atoms with Crippen molar-refractivity contribution in [2.45, 2.75) is 12.8 Å². The summed E-state index contributed by atoms with van der Waals surface area (Å²) in [6.07, 6.45) is 0. The molecule has 0 radical (unpaired) electrons. The second kappa shape index (κ2) is 5.85. The SMILES string of the molecule is Cc1cc(C(=O)C(C#N)c2cccc(Cl)c2)ccc1F. The summed E-state index contributed by atoms with van der Waals surface area (Å²) in [5, 5.41) is 9.70. The van der Waals surface area contributed by atoms with Gasteiger partial charge in [-0.15, -0.1) is 0 Å². The molecule has 1 atom stereocenters. The van der Waals surface area contributed by atoms with Crippen molar-refractivity contribution < 1.29 is 9.18 Å². The van der Waals surface area contributed by atoms with Gasteiger partial charge in [0.1, 0.15) is 11.7 Å². The molecule has 1 unspecified atom stereocenters. The van der Waals surface area contributed by atoms with E-state index in [1.807, 2.05) is 6.07 Å². The van der Waals surface area contributed by atoms with Crippen molar-refractivity contribution >= 4 is 17.4 Å². The molecule has 0 bridgehead atoms. The van der Waals surface area contributed by atoms with Gasteiger partial charge in [0.15, 0.2) is 5.78 Å². The van der Waals surface area contributed by atoms with Gasteiger partial charge in [-0.3, -0.25) is 4.79 Å².